The van der Waals surface area contributed by atoms with Crippen molar-refractivity contribution in [2.24, 2.45) is 0 Å². The second kappa shape index (κ2) is 15.3. The smallest absolute Gasteiger partial charge is 0.328 e. The fourth-order valence-corrected chi connectivity index (χ4v) is 4.54. The third-order valence-corrected chi connectivity index (χ3v) is 6.92. The maximum absolute atomic E-state index is 13.1. The van der Waals surface area contributed by atoms with Gasteiger partial charge in [-0.15, -0.1) is 0 Å². The van der Waals surface area contributed by atoms with E-state index in [9.17, 15) is 14.4 Å². The van der Waals surface area contributed by atoms with Gasteiger partial charge in [-0.1, -0.05) is 81.3 Å². The molecule has 1 amide bonds. The molecule has 1 atom stereocenters. The molecule has 0 heterocycles. The van der Waals surface area contributed by atoms with Crippen molar-refractivity contribution in [3.8, 4) is 0 Å². The predicted molar refractivity (Wildman–Crippen MR) is 135 cm³/mol. The third-order valence-electron chi connectivity index (χ3n) is 5.60. The number of hydrogen-bond donors (Lipinski definition) is 0. The first-order valence-corrected chi connectivity index (χ1v) is 12.9. The lowest BCUT2D eigenvalue weighted by Crippen LogP contribution is -2.45. The highest BCUT2D eigenvalue weighted by Gasteiger charge is 2.31. The van der Waals surface area contributed by atoms with Crippen molar-refractivity contribution in [3.63, 3.8) is 0 Å². The summed E-state index contributed by atoms with van der Waals surface area (Å²) >= 11 is 7.30. The summed E-state index contributed by atoms with van der Waals surface area (Å²) in [5.41, 5.74) is 2.13. The average Bonchev–Trinajstić information content (AvgIpc) is 2.78. The van der Waals surface area contributed by atoms with E-state index in [2.05, 4.69) is 6.92 Å². The van der Waals surface area contributed by atoms with Crippen LogP contribution in [0.5, 0.6) is 0 Å². The Bertz CT molecular complexity index is 769. The standard InChI is InChI=1S/C25H38ClNO4S/c1-6-7-8-9-10-11-12-13-14-23(29)32-17-22(28)27(20(4)25(30)31-5)24-18(2)15-16-21(26)19(24)3/h15-16,20H,6-14,17H2,1-5H3/t20-/m0/s1. The number of thioether (sulfide) groups is 1. The lowest BCUT2D eigenvalue weighted by Gasteiger charge is -2.30. The number of ether oxygens (including phenoxy) is 1. The normalized spacial score (nSPS) is 11.8. The topological polar surface area (TPSA) is 63.7 Å². The van der Waals surface area contributed by atoms with Crippen LogP contribution in [0.3, 0.4) is 0 Å². The van der Waals surface area contributed by atoms with E-state index in [0.717, 1.165) is 36.6 Å². The number of amides is 1. The highest BCUT2D eigenvalue weighted by atomic mass is 35.5. The summed E-state index contributed by atoms with van der Waals surface area (Å²) in [6.07, 6.45) is 9.83. The molecule has 7 heteroatoms. The van der Waals surface area contributed by atoms with Gasteiger partial charge in [-0.05, 0) is 44.4 Å². The molecule has 0 bridgehead atoms. The summed E-state index contributed by atoms with van der Waals surface area (Å²) in [4.78, 5) is 39.1. The number of nitrogens with zero attached hydrogens (tertiary/aromatic N) is 1. The molecule has 180 valence electrons. The van der Waals surface area contributed by atoms with Crippen molar-refractivity contribution in [2.75, 3.05) is 17.8 Å². The van der Waals surface area contributed by atoms with Crippen molar-refractivity contribution in [1.82, 2.24) is 0 Å². The number of rotatable bonds is 14. The molecule has 0 aromatic heterocycles. The van der Waals surface area contributed by atoms with E-state index in [0.29, 0.717) is 22.7 Å². The lowest BCUT2D eigenvalue weighted by molar-refractivity contribution is -0.142. The minimum absolute atomic E-state index is 0.00884. The van der Waals surface area contributed by atoms with Crippen LogP contribution in [0.1, 0.15) is 82.8 Å². The zero-order valence-corrected chi connectivity index (χ0v) is 21.7. The minimum Gasteiger partial charge on any atom is -0.467 e. The molecule has 32 heavy (non-hydrogen) atoms. The Morgan fingerprint density at radius 2 is 1.62 bits per heavy atom. The second-order valence-electron chi connectivity index (χ2n) is 8.19. The first kappa shape index (κ1) is 28.5. The molecule has 0 radical (unpaired) electrons. The van der Waals surface area contributed by atoms with E-state index in [-0.39, 0.29) is 16.8 Å². The van der Waals surface area contributed by atoms with Crippen LogP contribution < -0.4 is 4.90 Å². The molecule has 1 aromatic rings. The molecule has 0 aliphatic rings. The van der Waals surface area contributed by atoms with Gasteiger partial charge < -0.3 is 4.74 Å². The van der Waals surface area contributed by atoms with Crippen molar-refractivity contribution in [1.29, 1.82) is 0 Å². The quantitative estimate of drug-likeness (QED) is 0.219. The molecule has 1 aromatic carbocycles. The van der Waals surface area contributed by atoms with Gasteiger partial charge in [0.15, 0.2) is 5.12 Å². The van der Waals surface area contributed by atoms with Crippen LogP contribution in [0.4, 0.5) is 5.69 Å². The van der Waals surface area contributed by atoms with Gasteiger partial charge in [0.1, 0.15) is 6.04 Å². The number of benzene rings is 1. The molecule has 0 saturated carbocycles. The molecule has 0 N–H and O–H groups in total. The van der Waals surface area contributed by atoms with Gasteiger partial charge in [-0.25, -0.2) is 4.79 Å². The molecule has 0 saturated heterocycles. The van der Waals surface area contributed by atoms with Gasteiger partial charge in [0, 0.05) is 11.4 Å². The predicted octanol–water partition coefficient (Wildman–Crippen LogP) is 6.64. The second-order valence-corrected chi connectivity index (χ2v) is 9.63. The molecule has 0 unspecified atom stereocenters. The Kier molecular flexibility index (Phi) is 13.7. The third kappa shape index (κ3) is 9.14. The van der Waals surface area contributed by atoms with Crippen molar-refractivity contribution < 1.29 is 19.1 Å². The minimum atomic E-state index is -0.827. The van der Waals surface area contributed by atoms with Gasteiger partial charge in [0.05, 0.1) is 18.6 Å². The number of aryl methyl sites for hydroxylation is 1. The molecular formula is C25H38ClNO4S. The van der Waals surface area contributed by atoms with E-state index in [1.54, 1.807) is 13.0 Å². The van der Waals surface area contributed by atoms with Crippen LogP contribution in [0.25, 0.3) is 0 Å². The zero-order chi connectivity index (χ0) is 24.1. The maximum atomic E-state index is 13.1. The van der Waals surface area contributed by atoms with Crippen LogP contribution in [0.2, 0.25) is 5.02 Å². The number of methoxy groups -OCH3 is 1. The number of unbranched alkanes of at least 4 members (excludes halogenated alkanes) is 7. The Morgan fingerprint density at radius 3 is 2.22 bits per heavy atom. The molecule has 0 fully saturated rings. The number of esters is 1. The average molecular weight is 484 g/mol. The first-order chi connectivity index (χ1) is 15.2. The van der Waals surface area contributed by atoms with Gasteiger partial charge >= 0.3 is 5.97 Å². The fourth-order valence-electron chi connectivity index (χ4n) is 3.68. The van der Waals surface area contributed by atoms with Crippen molar-refractivity contribution >= 4 is 46.0 Å². The van der Waals surface area contributed by atoms with Crippen LogP contribution in [-0.2, 0) is 19.1 Å². The van der Waals surface area contributed by atoms with E-state index in [1.807, 2.05) is 19.9 Å². The SMILES string of the molecule is CCCCCCCCCCC(=O)SCC(=O)N(c1c(C)ccc(Cl)c1C)[C@@H](C)C(=O)OC. The summed E-state index contributed by atoms with van der Waals surface area (Å²) in [5, 5.41) is 0.522. The Morgan fingerprint density at radius 1 is 1.03 bits per heavy atom. The summed E-state index contributed by atoms with van der Waals surface area (Å²) in [5.74, 6) is -0.860. The number of carbonyl (C=O) groups is 3. The highest BCUT2D eigenvalue weighted by Crippen LogP contribution is 2.32. The largest absolute Gasteiger partial charge is 0.467 e. The Labute approximate surface area is 202 Å². The molecule has 0 aliphatic heterocycles. The molecular weight excluding hydrogens is 446 g/mol. The first-order valence-electron chi connectivity index (χ1n) is 11.6. The zero-order valence-electron chi connectivity index (χ0n) is 20.2. The van der Waals surface area contributed by atoms with E-state index >= 15 is 0 Å². The number of carbonyl (C=O) groups excluding carboxylic acids is 3. The highest BCUT2D eigenvalue weighted by molar-refractivity contribution is 8.14. The van der Waals surface area contributed by atoms with E-state index < -0.39 is 12.0 Å². The van der Waals surface area contributed by atoms with Gasteiger partial charge in [0.25, 0.3) is 0 Å². The number of halogens is 1. The summed E-state index contributed by atoms with van der Waals surface area (Å²) < 4.78 is 4.87. The van der Waals surface area contributed by atoms with Gasteiger partial charge in [-0.2, -0.15) is 0 Å². The van der Waals surface area contributed by atoms with Crippen molar-refractivity contribution in [2.45, 2.75) is 91.5 Å². The summed E-state index contributed by atoms with van der Waals surface area (Å²) in [7, 11) is 1.29. The van der Waals surface area contributed by atoms with Crippen LogP contribution >= 0.6 is 23.4 Å². The fraction of sp³-hybridized carbons (Fsp3) is 0.640. The Balaban J connectivity index is 2.68. The monoisotopic (exact) mass is 483 g/mol. The van der Waals surface area contributed by atoms with E-state index in [4.69, 9.17) is 16.3 Å². The van der Waals surface area contributed by atoms with Crippen LogP contribution in [0.15, 0.2) is 12.1 Å². The van der Waals surface area contributed by atoms with Crippen LogP contribution in [0, 0.1) is 13.8 Å². The molecule has 0 aliphatic carbocycles. The number of anilines is 1. The Hall–Kier alpha value is -1.53. The van der Waals surface area contributed by atoms with Gasteiger partial charge in [0.2, 0.25) is 5.91 Å². The summed E-state index contributed by atoms with van der Waals surface area (Å²) in [6, 6.07) is 2.76. The lowest BCUT2D eigenvalue weighted by atomic mass is 10.1. The summed E-state index contributed by atoms with van der Waals surface area (Å²) in [6.45, 7) is 7.51. The molecule has 1 rings (SSSR count). The number of hydrogen-bond acceptors (Lipinski definition) is 5. The van der Waals surface area contributed by atoms with Gasteiger partial charge in [-0.3, -0.25) is 14.5 Å². The molecule has 5 nitrogen and oxygen atoms in total. The molecule has 0 spiro atoms. The maximum Gasteiger partial charge on any atom is 0.328 e. The van der Waals surface area contributed by atoms with Crippen LogP contribution in [-0.4, -0.2) is 35.9 Å². The van der Waals surface area contributed by atoms with Crippen molar-refractivity contribution in [3.05, 3.63) is 28.3 Å². The van der Waals surface area contributed by atoms with E-state index in [1.165, 1.54) is 44.1 Å².